The molecule has 0 aliphatic rings. The minimum Gasteiger partial charge on any atom is -0.480 e. The van der Waals surface area contributed by atoms with E-state index in [9.17, 15) is 19.5 Å². The predicted octanol–water partition coefficient (Wildman–Crippen LogP) is -3.29. The third-order valence-electron chi connectivity index (χ3n) is 3.23. The molecule has 11 nitrogen and oxygen atoms in total. The van der Waals surface area contributed by atoms with Crippen molar-refractivity contribution in [3.05, 3.63) is 18.2 Å². The van der Waals surface area contributed by atoms with E-state index in [-0.39, 0.29) is 6.42 Å². The lowest BCUT2D eigenvalue weighted by molar-refractivity contribution is -0.143. The molecule has 0 aromatic carbocycles. The number of hydrogen-bond acceptors (Lipinski definition) is 7. The molecule has 0 spiro atoms. The summed E-state index contributed by atoms with van der Waals surface area (Å²) in [7, 11) is 0. The van der Waals surface area contributed by atoms with Crippen molar-refractivity contribution in [2.75, 3.05) is 6.61 Å². The maximum atomic E-state index is 12.2. The summed E-state index contributed by atoms with van der Waals surface area (Å²) in [6.07, 6.45) is 1.66. The summed E-state index contributed by atoms with van der Waals surface area (Å²) in [5, 5.41) is 31.6. The molecule has 1 rings (SSSR count). The Balaban J connectivity index is 2.86. The molecule has 2 amide bonds. The van der Waals surface area contributed by atoms with Crippen LogP contribution in [0.2, 0.25) is 0 Å². The second-order valence-electron chi connectivity index (χ2n) is 5.19. The van der Waals surface area contributed by atoms with Gasteiger partial charge in [0.05, 0.1) is 19.0 Å². The number of hydrogen-bond donors (Lipinski definition) is 7. The molecule has 1 aromatic rings. The van der Waals surface area contributed by atoms with Gasteiger partial charge in [-0.05, 0) is 6.92 Å². The van der Waals surface area contributed by atoms with E-state index in [4.69, 9.17) is 15.9 Å². The molecule has 8 N–H and O–H groups in total. The van der Waals surface area contributed by atoms with Crippen LogP contribution in [0.1, 0.15) is 12.6 Å². The van der Waals surface area contributed by atoms with Crippen molar-refractivity contribution >= 4 is 17.8 Å². The highest BCUT2D eigenvalue weighted by Crippen LogP contribution is 2.01. The molecule has 1 heterocycles. The Morgan fingerprint density at radius 1 is 1.29 bits per heavy atom. The second kappa shape index (κ2) is 8.96. The van der Waals surface area contributed by atoms with Gasteiger partial charge >= 0.3 is 5.97 Å². The molecule has 0 bridgehead atoms. The highest BCUT2D eigenvalue weighted by Gasteiger charge is 2.29. The number of imidazole rings is 1. The normalized spacial score (nSPS) is 15.8. The van der Waals surface area contributed by atoms with Crippen LogP contribution in [0.4, 0.5) is 0 Å². The van der Waals surface area contributed by atoms with Crippen LogP contribution in [0.15, 0.2) is 12.5 Å². The number of nitrogens with two attached hydrogens (primary N) is 1. The highest BCUT2D eigenvalue weighted by molar-refractivity contribution is 5.92. The van der Waals surface area contributed by atoms with Crippen molar-refractivity contribution in [2.45, 2.75) is 37.6 Å². The molecule has 24 heavy (non-hydrogen) atoms. The topological polar surface area (TPSA) is 191 Å². The van der Waals surface area contributed by atoms with Crippen molar-refractivity contribution < 1.29 is 29.7 Å². The minimum atomic E-state index is -1.51. The van der Waals surface area contributed by atoms with Crippen LogP contribution in [0.3, 0.4) is 0 Å². The van der Waals surface area contributed by atoms with Crippen LogP contribution in [0, 0.1) is 0 Å². The molecule has 0 radical (unpaired) electrons. The summed E-state index contributed by atoms with van der Waals surface area (Å²) in [4.78, 5) is 41.6. The number of aromatic nitrogens is 2. The Bertz CT molecular complexity index is 561. The Morgan fingerprint density at radius 3 is 2.38 bits per heavy atom. The van der Waals surface area contributed by atoms with E-state index < -0.39 is 48.6 Å². The van der Waals surface area contributed by atoms with E-state index in [2.05, 4.69) is 20.6 Å². The minimum absolute atomic E-state index is 0.0120. The molecule has 134 valence electrons. The molecule has 0 saturated carbocycles. The maximum absolute atomic E-state index is 12.2. The lowest BCUT2D eigenvalue weighted by Gasteiger charge is -2.22. The molecular formula is C13H21N5O6. The SMILES string of the molecule is C[C@@H](O)[C@H](N)C(=O)N[C@@H](Cc1cnc[nH]1)C(=O)N[C@@H](CO)C(=O)O. The van der Waals surface area contributed by atoms with Crippen LogP contribution in [0.5, 0.6) is 0 Å². The molecule has 0 aliphatic carbocycles. The molecule has 0 fully saturated rings. The van der Waals surface area contributed by atoms with Crippen LogP contribution < -0.4 is 16.4 Å². The van der Waals surface area contributed by atoms with Crippen LogP contribution in [0.25, 0.3) is 0 Å². The van der Waals surface area contributed by atoms with Gasteiger partial charge in [0.15, 0.2) is 0 Å². The van der Waals surface area contributed by atoms with Gasteiger partial charge in [0.25, 0.3) is 0 Å². The van der Waals surface area contributed by atoms with E-state index in [0.717, 1.165) is 0 Å². The number of nitrogens with zero attached hydrogens (tertiary/aromatic N) is 1. The first-order valence-electron chi connectivity index (χ1n) is 7.11. The van der Waals surface area contributed by atoms with Gasteiger partial charge in [0.1, 0.15) is 18.1 Å². The summed E-state index contributed by atoms with van der Waals surface area (Å²) in [5.74, 6) is -3.02. The third-order valence-corrected chi connectivity index (χ3v) is 3.23. The van der Waals surface area contributed by atoms with Gasteiger partial charge in [-0.25, -0.2) is 9.78 Å². The fraction of sp³-hybridized carbons (Fsp3) is 0.538. The predicted molar refractivity (Wildman–Crippen MR) is 80.5 cm³/mol. The number of amides is 2. The Hall–Kier alpha value is -2.50. The number of carbonyl (C=O) groups is 3. The zero-order valence-corrected chi connectivity index (χ0v) is 13.0. The zero-order chi connectivity index (χ0) is 18.3. The Labute approximate surface area is 137 Å². The number of H-pyrrole nitrogens is 1. The van der Waals surface area contributed by atoms with Crippen LogP contribution >= 0.6 is 0 Å². The number of aliphatic hydroxyl groups excluding tert-OH is 2. The van der Waals surface area contributed by atoms with Gasteiger partial charge in [0.2, 0.25) is 11.8 Å². The van der Waals surface area contributed by atoms with Gasteiger partial charge in [-0.15, -0.1) is 0 Å². The van der Waals surface area contributed by atoms with Gasteiger partial charge in [-0.2, -0.15) is 0 Å². The van der Waals surface area contributed by atoms with Gasteiger partial charge in [-0.1, -0.05) is 0 Å². The molecule has 0 unspecified atom stereocenters. The summed E-state index contributed by atoms with van der Waals surface area (Å²) < 4.78 is 0. The summed E-state index contributed by atoms with van der Waals surface area (Å²) in [6.45, 7) is 0.513. The fourth-order valence-electron chi connectivity index (χ4n) is 1.77. The molecule has 1 aromatic heterocycles. The average molecular weight is 343 g/mol. The van der Waals surface area contributed by atoms with Gasteiger partial charge in [0, 0.05) is 18.3 Å². The quantitative estimate of drug-likeness (QED) is 0.242. The van der Waals surface area contributed by atoms with E-state index in [0.29, 0.717) is 5.69 Å². The lowest BCUT2D eigenvalue weighted by Crippen LogP contribution is -2.57. The molecule has 0 aliphatic heterocycles. The van der Waals surface area contributed by atoms with Crippen molar-refractivity contribution in [3.8, 4) is 0 Å². The third kappa shape index (κ3) is 5.61. The first kappa shape index (κ1) is 19.5. The van der Waals surface area contributed by atoms with E-state index in [1.165, 1.54) is 19.4 Å². The average Bonchev–Trinajstić information content (AvgIpc) is 3.03. The van der Waals surface area contributed by atoms with E-state index >= 15 is 0 Å². The standard InChI is InChI=1S/C13H21N5O6/c1-6(20)10(14)12(22)17-8(2-7-3-15-5-16-7)11(21)18-9(4-19)13(23)24/h3,5-6,8-10,19-20H,2,4,14H2,1H3,(H,15,16)(H,17,22)(H,18,21)(H,23,24)/t6-,8+,9+,10+/m1/s1. The molecule has 4 atom stereocenters. The van der Waals surface area contributed by atoms with Crippen molar-refractivity contribution in [3.63, 3.8) is 0 Å². The number of aliphatic hydroxyl groups is 2. The smallest absolute Gasteiger partial charge is 0.328 e. The maximum Gasteiger partial charge on any atom is 0.328 e. The monoisotopic (exact) mass is 343 g/mol. The van der Waals surface area contributed by atoms with Gasteiger partial charge < -0.3 is 36.7 Å². The van der Waals surface area contributed by atoms with E-state index in [1.54, 1.807) is 0 Å². The summed E-state index contributed by atoms with van der Waals surface area (Å²) in [6, 6.07) is -3.93. The molecule has 0 saturated heterocycles. The van der Waals surface area contributed by atoms with Crippen LogP contribution in [-0.4, -0.2) is 73.9 Å². The zero-order valence-electron chi connectivity index (χ0n) is 13.0. The first-order chi connectivity index (χ1) is 11.3. The molecular weight excluding hydrogens is 322 g/mol. The largest absolute Gasteiger partial charge is 0.480 e. The summed E-state index contributed by atoms with van der Waals surface area (Å²) >= 11 is 0. The number of aliphatic carboxylic acids is 1. The number of carboxylic acids is 1. The first-order valence-corrected chi connectivity index (χ1v) is 7.11. The second-order valence-corrected chi connectivity index (χ2v) is 5.19. The Kier molecular flexibility index (Phi) is 7.30. The summed E-state index contributed by atoms with van der Waals surface area (Å²) in [5.41, 5.74) is 6.02. The number of rotatable bonds is 9. The number of nitrogens with one attached hydrogen (secondary N) is 3. The Morgan fingerprint density at radius 2 is 1.92 bits per heavy atom. The van der Waals surface area contributed by atoms with E-state index in [1.807, 2.05) is 0 Å². The number of carboxylic acid groups (broad SMARTS) is 1. The lowest BCUT2D eigenvalue weighted by atomic mass is 10.1. The van der Waals surface area contributed by atoms with Crippen LogP contribution in [-0.2, 0) is 20.8 Å². The van der Waals surface area contributed by atoms with Crippen molar-refractivity contribution in [2.24, 2.45) is 5.73 Å². The number of aromatic amines is 1. The van der Waals surface area contributed by atoms with Crippen molar-refractivity contribution in [1.29, 1.82) is 0 Å². The van der Waals surface area contributed by atoms with Gasteiger partial charge in [-0.3, -0.25) is 9.59 Å². The van der Waals surface area contributed by atoms with Crippen molar-refractivity contribution in [1.82, 2.24) is 20.6 Å². The highest BCUT2D eigenvalue weighted by atomic mass is 16.4. The molecule has 11 heteroatoms. The number of carbonyl (C=O) groups excluding carboxylic acids is 2. The fourth-order valence-corrected chi connectivity index (χ4v) is 1.77.